The first kappa shape index (κ1) is 21.1. The molecule has 3 aromatic rings. The van der Waals surface area contributed by atoms with E-state index in [0.717, 1.165) is 17.1 Å². The molecule has 0 aliphatic rings. The molecule has 0 unspecified atom stereocenters. The Kier molecular flexibility index (Phi) is 7.06. The number of rotatable bonds is 8. The van der Waals surface area contributed by atoms with Crippen molar-refractivity contribution in [2.24, 2.45) is 0 Å². The second-order valence-electron chi connectivity index (χ2n) is 6.52. The fraction of sp³-hybridized carbons (Fsp3) is 0.238. The summed E-state index contributed by atoms with van der Waals surface area (Å²) < 4.78 is 1.93. The van der Waals surface area contributed by atoms with Gasteiger partial charge in [-0.15, -0.1) is 10.2 Å². The number of Topliss-reactive ketones (excluding diaryl/α,β-unsaturated/α-hetero) is 1. The van der Waals surface area contributed by atoms with Crippen LogP contribution in [0.2, 0.25) is 5.02 Å². The van der Waals surface area contributed by atoms with Crippen molar-refractivity contribution >= 4 is 35.1 Å². The van der Waals surface area contributed by atoms with Gasteiger partial charge in [0, 0.05) is 36.2 Å². The largest absolute Gasteiger partial charge is 0.356 e. The number of carbonyl (C=O) groups is 2. The molecule has 0 aliphatic heterocycles. The minimum absolute atomic E-state index is 0.00933. The lowest BCUT2D eigenvalue weighted by Gasteiger charge is -2.11. The number of nitrogens with zero attached hydrogens (tertiary/aromatic N) is 3. The molecule has 1 aromatic heterocycles. The monoisotopic (exact) mass is 428 g/mol. The highest BCUT2D eigenvalue weighted by Crippen LogP contribution is 2.24. The Bertz CT molecular complexity index is 1000. The van der Waals surface area contributed by atoms with Crippen LogP contribution in [0.5, 0.6) is 0 Å². The van der Waals surface area contributed by atoms with Crippen molar-refractivity contribution in [1.82, 2.24) is 20.1 Å². The van der Waals surface area contributed by atoms with Gasteiger partial charge >= 0.3 is 0 Å². The number of ketones is 1. The Morgan fingerprint density at radius 2 is 1.76 bits per heavy atom. The van der Waals surface area contributed by atoms with Gasteiger partial charge in [-0.3, -0.25) is 14.2 Å². The Hall–Kier alpha value is -2.64. The summed E-state index contributed by atoms with van der Waals surface area (Å²) in [5.41, 5.74) is 2.67. The normalized spacial score (nSPS) is 10.7. The molecule has 6 nitrogen and oxygen atoms in total. The average molecular weight is 429 g/mol. The predicted molar refractivity (Wildman–Crippen MR) is 115 cm³/mol. The van der Waals surface area contributed by atoms with Gasteiger partial charge in [0.25, 0.3) is 0 Å². The highest BCUT2D eigenvalue weighted by Gasteiger charge is 2.16. The van der Waals surface area contributed by atoms with Crippen molar-refractivity contribution in [2.75, 3.05) is 12.3 Å². The van der Waals surface area contributed by atoms with Gasteiger partial charge in [-0.1, -0.05) is 41.1 Å². The Morgan fingerprint density at radius 1 is 1.07 bits per heavy atom. The van der Waals surface area contributed by atoms with Crippen molar-refractivity contribution in [3.8, 4) is 5.69 Å². The fourth-order valence-electron chi connectivity index (χ4n) is 2.71. The van der Waals surface area contributed by atoms with Gasteiger partial charge in [-0.25, -0.2) is 0 Å². The quantitative estimate of drug-likeness (QED) is 0.435. The zero-order chi connectivity index (χ0) is 20.8. The fourth-order valence-corrected chi connectivity index (χ4v) is 3.70. The summed E-state index contributed by atoms with van der Waals surface area (Å²) in [6.45, 7) is 3.97. The molecule has 2 aromatic carbocycles. The predicted octanol–water partition coefficient (Wildman–Crippen LogP) is 3.88. The molecule has 0 atom stereocenters. The molecular weight excluding hydrogens is 408 g/mol. The van der Waals surface area contributed by atoms with Crippen molar-refractivity contribution in [2.45, 2.75) is 25.4 Å². The third kappa shape index (κ3) is 5.68. The number of hydrogen-bond donors (Lipinski definition) is 1. The van der Waals surface area contributed by atoms with Gasteiger partial charge in [0.2, 0.25) is 5.91 Å². The highest BCUT2D eigenvalue weighted by atomic mass is 35.5. The molecule has 150 valence electrons. The molecule has 1 heterocycles. The van der Waals surface area contributed by atoms with Crippen molar-refractivity contribution < 1.29 is 9.59 Å². The second kappa shape index (κ2) is 9.71. The third-order valence-electron chi connectivity index (χ3n) is 4.21. The summed E-state index contributed by atoms with van der Waals surface area (Å²) in [7, 11) is 0. The smallest absolute Gasteiger partial charge is 0.216 e. The molecule has 1 N–H and O–H groups in total. The van der Waals surface area contributed by atoms with Gasteiger partial charge in [0.1, 0.15) is 5.82 Å². The number of hydrogen-bond acceptors (Lipinski definition) is 5. The maximum Gasteiger partial charge on any atom is 0.216 e. The molecule has 0 bridgehead atoms. The van der Waals surface area contributed by atoms with Gasteiger partial charge in [-0.2, -0.15) is 0 Å². The van der Waals surface area contributed by atoms with Crippen LogP contribution in [0.3, 0.4) is 0 Å². The van der Waals surface area contributed by atoms with E-state index in [9.17, 15) is 9.59 Å². The van der Waals surface area contributed by atoms with Crippen LogP contribution in [0.25, 0.3) is 5.69 Å². The zero-order valence-electron chi connectivity index (χ0n) is 16.2. The van der Waals surface area contributed by atoms with Crippen LogP contribution in [-0.4, -0.2) is 38.8 Å². The number of aromatic nitrogens is 3. The molecule has 0 radical (unpaired) electrons. The Balaban J connectivity index is 1.80. The summed E-state index contributed by atoms with van der Waals surface area (Å²) in [4.78, 5) is 23.7. The van der Waals surface area contributed by atoms with E-state index in [1.165, 1.54) is 18.7 Å². The molecule has 3 rings (SSSR count). The van der Waals surface area contributed by atoms with Crippen LogP contribution < -0.4 is 5.32 Å². The number of aryl methyl sites for hydroxylation is 1. The average Bonchev–Trinajstić information content (AvgIpc) is 3.10. The summed E-state index contributed by atoms with van der Waals surface area (Å²) in [5, 5.41) is 12.6. The second-order valence-corrected chi connectivity index (χ2v) is 7.90. The molecular formula is C21H21ClN4O2S. The van der Waals surface area contributed by atoms with Crippen molar-refractivity contribution in [3.05, 3.63) is 70.5 Å². The number of benzene rings is 2. The molecule has 0 spiro atoms. The lowest BCUT2D eigenvalue weighted by atomic mass is 10.1. The SMILES string of the molecule is CC(=O)NCCc1nnc(SCC(=O)c2ccc(Cl)cc2)n1-c1ccc(C)cc1. The van der Waals surface area contributed by atoms with Gasteiger partial charge in [0.05, 0.1) is 5.75 Å². The van der Waals surface area contributed by atoms with E-state index >= 15 is 0 Å². The molecule has 0 aliphatic carbocycles. The molecule has 29 heavy (non-hydrogen) atoms. The number of nitrogens with one attached hydrogen (secondary N) is 1. The number of carbonyl (C=O) groups excluding carboxylic acids is 2. The van der Waals surface area contributed by atoms with Crippen LogP contribution in [-0.2, 0) is 11.2 Å². The summed E-state index contributed by atoms with van der Waals surface area (Å²) >= 11 is 7.22. The van der Waals surface area contributed by atoms with Crippen molar-refractivity contribution in [3.63, 3.8) is 0 Å². The standard InChI is InChI=1S/C21H21ClN4O2S/c1-14-3-9-18(10-4-14)26-20(11-12-23-15(2)27)24-25-21(26)29-13-19(28)16-5-7-17(22)8-6-16/h3-10H,11-13H2,1-2H3,(H,23,27). The number of thioether (sulfide) groups is 1. The first-order chi connectivity index (χ1) is 13.9. The van der Waals surface area contributed by atoms with E-state index in [-0.39, 0.29) is 17.4 Å². The highest BCUT2D eigenvalue weighted by molar-refractivity contribution is 7.99. The van der Waals surface area contributed by atoms with Crippen LogP contribution >= 0.6 is 23.4 Å². The maximum atomic E-state index is 12.5. The van der Waals surface area contributed by atoms with E-state index in [0.29, 0.717) is 28.7 Å². The lowest BCUT2D eigenvalue weighted by Crippen LogP contribution is -2.23. The molecule has 0 saturated heterocycles. The van der Waals surface area contributed by atoms with Crippen LogP contribution in [0.15, 0.2) is 53.7 Å². The minimum atomic E-state index is -0.0884. The topological polar surface area (TPSA) is 76.9 Å². The van der Waals surface area contributed by atoms with E-state index in [1.807, 2.05) is 35.8 Å². The van der Waals surface area contributed by atoms with Gasteiger partial charge in [-0.05, 0) is 43.3 Å². The van der Waals surface area contributed by atoms with Crippen LogP contribution in [0.4, 0.5) is 0 Å². The summed E-state index contributed by atoms with van der Waals surface area (Å²) in [6, 6.07) is 14.9. The third-order valence-corrected chi connectivity index (χ3v) is 5.39. The van der Waals surface area contributed by atoms with Crippen LogP contribution in [0, 0.1) is 6.92 Å². The van der Waals surface area contributed by atoms with E-state index in [4.69, 9.17) is 11.6 Å². The Labute approximate surface area is 178 Å². The zero-order valence-corrected chi connectivity index (χ0v) is 17.8. The minimum Gasteiger partial charge on any atom is -0.356 e. The van der Waals surface area contributed by atoms with Gasteiger partial charge in [0.15, 0.2) is 10.9 Å². The van der Waals surface area contributed by atoms with Crippen LogP contribution in [0.1, 0.15) is 28.7 Å². The molecule has 0 saturated carbocycles. The summed E-state index contributed by atoms with van der Waals surface area (Å²) in [6.07, 6.45) is 0.534. The maximum absolute atomic E-state index is 12.5. The molecule has 1 amide bonds. The number of halogens is 1. The van der Waals surface area contributed by atoms with E-state index in [1.54, 1.807) is 24.3 Å². The molecule has 0 fully saturated rings. The first-order valence-electron chi connectivity index (χ1n) is 9.11. The van der Waals surface area contributed by atoms with Gasteiger partial charge < -0.3 is 5.32 Å². The molecule has 8 heteroatoms. The lowest BCUT2D eigenvalue weighted by molar-refractivity contribution is -0.118. The van der Waals surface area contributed by atoms with Crippen molar-refractivity contribution in [1.29, 1.82) is 0 Å². The van der Waals surface area contributed by atoms with E-state index in [2.05, 4.69) is 15.5 Å². The first-order valence-corrected chi connectivity index (χ1v) is 10.5. The Morgan fingerprint density at radius 3 is 2.41 bits per heavy atom. The number of amides is 1. The van der Waals surface area contributed by atoms with E-state index < -0.39 is 0 Å². The summed E-state index contributed by atoms with van der Waals surface area (Å²) in [5.74, 6) is 0.862.